The van der Waals surface area contributed by atoms with Gasteiger partial charge in [0, 0.05) is 0 Å². The highest BCUT2D eigenvalue weighted by molar-refractivity contribution is 6.35. The third kappa shape index (κ3) is 3.11. The molecule has 4 heteroatoms. The number of ether oxygens (including phenoxy) is 1. The second-order valence-corrected chi connectivity index (χ2v) is 1.96. The number of esters is 1. The lowest BCUT2D eigenvalue weighted by atomic mass is 10.2. The van der Waals surface area contributed by atoms with Crippen LogP contribution in [-0.4, -0.2) is 24.5 Å². The molecule has 0 spiro atoms. The number of hydrogen-bond acceptors (Lipinski definition) is 3. The van der Waals surface area contributed by atoms with Crippen LogP contribution in [0.1, 0.15) is 20.3 Å². The number of ketones is 1. The van der Waals surface area contributed by atoms with Crippen LogP contribution in [0.25, 0.3) is 0 Å². The summed E-state index contributed by atoms with van der Waals surface area (Å²) in [6.07, 6.45) is -1.70. The molecule has 0 saturated carbocycles. The highest BCUT2D eigenvalue weighted by Crippen LogP contribution is 1.99. The molecule has 1 atom stereocenters. The van der Waals surface area contributed by atoms with Gasteiger partial charge in [0.15, 0.2) is 6.17 Å². The molecule has 0 aliphatic rings. The van der Waals surface area contributed by atoms with Crippen molar-refractivity contribution in [3.8, 4) is 0 Å². The zero-order valence-corrected chi connectivity index (χ0v) is 6.59. The molecule has 0 aromatic carbocycles. The standard InChI is InChI=1S/C7H11FO3/c1-3-5(8)6(9)7(10)11-4-2/h5H,3-4H2,1-2H3. The topological polar surface area (TPSA) is 43.4 Å². The summed E-state index contributed by atoms with van der Waals surface area (Å²) < 4.78 is 16.7. The van der Waals surface area contributed by atoms with Gasteiger partial charge in [-0.2, -0.15) is 0 Å². The van der Waals surface area contributed by atoms with Crippen molar-refractivity contribution >= 4 is 11.8 Å². The maximum Gasteiger partial charge on any atom is 0.377 e. The molecule has 0 aliphatic carbocycles. The van der Waals surface area contributed by atoms with Gasteiger partial charge in [0.1, 0.15) is 0 Å². The first-order valence-electron chi connectivity index (χ1n) is 3.48. The lowest BCUT2D eigenvalue weighted by Crippen LogP contribution is -2.26. The lowest BCUT2D eigenvalue weighted by molar-refractivity contribution is -0.155. The Balaban J connectivity index is 3.92. The number of carbonyl (C=O) groups is 2. The number of Topliss-reactive ketones (excluding diaryl/α,β-unsaturated/α-hetero) is 1. The van der Waals surface area contributed by atoms with Crippen LogP contribution in [0.2, 0.25) is 0 Å². The van der Waals surface area contributed by atoms with Crippen molar-refractivity contribution in [3.05, 3.63) is 0 Å². The molecule has 11 heavy (non-hydrogen) atoms. The van der Waals surface area contributed by atoms with E-state index in [-0.39, 0.29) is 13.0 Å². The molecule has 0 aromatic heterocycles. The van der Waals surface area contributed by atoms with Gasteiger partial charge in [0.25, 0.3) is 5.78 Å². The minimum Gasteiger partial charge on any atom is -0.460 e. The van der Waals surface area contributed by atoms with Crippen LogP contribution in [0, 0.1) is 0 Å². The van der Waals surface area contributed by atoms with Gasteiger partial charge in [-0.3, -0.25) is 4.79 Å². The Labute approximate surface area is 64.5 Å². The van der Waals surface area contributed by atoms with Crippen LogP contribution < -0.4 is 0 Å². The summed E-state index contributed by atoms with van der Waals surface area (Å²) in [5.74, 6) is -2.17. The maximum absolute atomic E-state index is 12.4. The van der Waals surface area contributed by atoms with Gasteiger partial charge >= 0.3 is 5.97 Å². The molecule has 0 amide bonds. The maximum atomic E-state index is 12.4. The first kappa shape index (κ1) is 10.1. The number of rotatable bonds is 4. The minimum atomic E-state index is -1.71. The third-order valence-electron chi connectivity index (χ3n) is 1.12. The summed E-state index contributed by atoms with van der Waals surface area (Å²) in [4.78, 5) is 21.1. The summed E-state index contributed by atoms with van der Waals surface area (Å²) >= 11 is 0. The average molecular weight is 162 g/mol. The van der Waals surface area contributed by atoms with Crippen molar-refractivity contribution in [2.24, 2.45) is 0 Å². The zero-order valence-electron chi connectivity index (χ0n) is 6.59. The van der Waals surface area contributed by atoms with E-state index in [0.717, 1.165) is 0 Å². The Kier molecular flexibility index (Phi) is 4.41. The van der Waals surface area contributed by atoms with E-state index in [2.05, 4.69) is 4.74 Å². The summed E-state index contributed by atoms with van der Waals surface area (Å²) in [5, 5.41) is 0. The second kappa shape index (κ2) is 4.82. The normalized spacial score (nSPS) is 12.3. The van der Waals surface area contributed by atoms with Gasteiger partial charge in [-0.05, 0) is 13.3 Å². The van der Waals surface area contributed by atoms with Crippen LogP contribution in [0.4, 0.5) is 4.39 Å². The number of alkyl halides is 1. The molecule has 0 aromatic rings. The van der Waals surface area contributed by atoms with E-state index in [1.807, 2.05) is 0 Å². The van der Waals surface area contributed by atoms with Gasteiger partial charge in [0.2, 0.25) is 0 Å². The van der Waals surface area contributed by atoms with Crippen LogP contribution in [0.5, 0.6) is 0 Å². The molecular formula is C7H11FO3. The Morgan fingerprint density at radius 1 is 1.45 bits per heavy atom. The third-order valence-corrected chi connectivity index (χ3v) is 1.12. The predicted octanol–water partition coefficient (Wildman–Crippen LogP) is 0.867. The van der Waals surface area contributed by atoms with Crippen molar-refractivity contribution in [1.29, 1.82) is 0 Å². The van der Waals surface area contributed by atoms with Crippen LogP contribution in [0.15, 0.2) is 0 Å². The second-order valence-electron chi connectivity index (χ2n) is 1.96. The molecule has 0 radical (unpaired) electrons. The summed E-state index contributed by atoms with van der Waals surface area (Å²) in [6, 6.07) is 0. The largest absolute Gasteiger partial charge is 0.460 e. The number of halogens is 1. The van der Waals surface area contributed by atoms with E-state index in [9.17, 15) is 14.0 Å². The van der Waals surface area contributed by atoms with Crippen LogP contribution >= 0.6 is 0 Å². The predicted molar refractivity (Wildman–Crippen MR) is 36.8 cm³/mol. The Bertz CT molecular complexity index is 156. The molecule has 0 bridgehead atoms. The van der Waals surface area contributed by atoms with Crippen molar-refractivity contribution in [3.63, 3.8) is 0 Å². The van der Waals surface area contributed by atoms with Gasteiger partial charge in [-0.15, -0.1) is 0 Å². The van der Waals surface area contributed by atoms with Gasteiger partial charge in [-0.1, -0.05) is 6.92 Å². The van der Waals surface area contributed by atoms with Crippen molar-refractivity contribution < 1.29 is 18.7 Å². The summed E-state index contributed by atoms with van der Waals surface area (Å²) in [5.41, 5.74) is 0. The Morgan fingerprint density at radius 3 is 2.36 bits per heavy atom. The summed E-state index contributed by atoms with van der Waals surface area (Å²) in [7, 11) is 0. The minimum absolute atomic E-state index is 0.0116. The molecular weight excluding hydrogens is 151 g/mol. The van der Waals surface area contributed by atoms with Crippen molar-refractivity contribution in [1.82, 2.24) is 0 Å². The fourth-order valence-electron chi connectivity index (χ4n) is 0.515. The van der Waals surface area contributed by atoms with E-state index >= 15 is 0 Å². The fraction of sp³-hybridized carbons (Fsp3) is 0.714. The first-order valence-corrected chi connectivity index (χ1v) is 3.48. The molecule has 64 valence electrons. The highest BCUT2D eigenvalue weighted by atomic mass is 19.1. The molecule has 0 N–H and O–H groups in total. The Hall–Kier alpha value is -0.930. The SMILES string of the molecule is CCOC(=O)C(=O)C(F)CC. The van der Waals surface area contributed by atoms with Gasteiger partial charge < -0.3 is 4.74 Å². The van der Waals surface area contributed by atoms with Gasteiger partial charge in [0.05, 0.1) is 6.61 Å². The fourth-order valence-corrected chi connectivity index (χ4v) is 0.515. The molecule has 0 rings (SSSR count). The van der Waals surface area contributed by atoms with E-state index < -0.39 is 17.9 Å². The number of hydrogen-bond donors (Lipinski definition) is 0. The highest BCUT2D eigenvalue weighted by Gasteiger charge is 2.23. The van der Waals surface area contributed by atoms with Crippen LogP contribution in [0.3, 0.4) is 0 Å². The lowest BCUT2D eigenvalue weighted by Gasteiger charge is -2.02. The molecule has 3 nitrogen and oxygen atoms in total. The summed E-state index contributed by atoms with van der Waals surface area (Å²) in [6.45, 7) is 3.15. The molecule has 0 aliphatic heterocycles. The van der Waals surface area contributed by atoms with Crippen molar-refractivity contribution in [2.75, 3.05) is 6.61 Å². The van der Waals surface area contributed by atoms with E-state index in [0.29, 0.717) is 0 Å². The molecule has 0 fully saturated rings. The van der Waals surface area contributed by atoms with Gasteiger partial charge in [-0.25, -0.2) is 9.18 Å². The van der Waals surface area contributed by atoms with E-state index in [4.69, 9.17) is 0 Å². The van der Waals surface area contributed by atoms with Crippen LogP contribution in [-0.2, 0) is 14.3 Å². The van der Waals surface area contributed by atoms with Crippen molar-refractivity contribution in [2.45, 2.75) is 26.4 Å². The quantitative estimate of drug-likeness (QED) is 0.455. The average Bonchev–Trinajstić information content (AvgIpc) is 2.02. The first-order chi connectivity index (χ1) is 5.13. The molecule has 0 saturated heterocycles. The van der Waals surface area contributed by atoms with E-state index in [1.165, 1.54) is 6.92 Å². The molecule has 1 unspecified atom stereocenters. The number of carbonyl (C=O) groups excluding carboxylic acids is 2. The van der Waals surface area contributed by atoms with E-state index in [1.54, 1.807) is 6.92 Å². The monoisotopic (exact) mass is 162 g/mol. The zero-order chi connectivity index (χ0) is 8.85. The Morgan fingerprint density at radius 2 is 2.00 bits per heavy atom. The smallest absolute Gasteiger partial charge is 0.377 e. The molecule has 0 heterocycles.